The molecular weight excluding hydrogens is 463 g/mol. The minimum absolute atomic E-state index is 0.0370. The summed E-state index contributed by atoms with van der Waals surface area (Å²) in [6.45, 7) is -0.310. The van der Waals surface area contributed by atoms with Gasteiger partial charge in [0.2, 0.25) is 0 Å². The van der Waals surface area contributed by atoms with E-state index in [1.54, 1.807) is 42.5 Å². The van der Waals surface area contributed by atoms with Gasteiger partial charge in [-0.25, -0.2) is 8.42 Å². The van der Waals surface area contributed by atoms with Crippen LogP contribution >= 0.6 is 23.2 Å². The summed E-state index contributed by atoms with van der Waals surface area (Å²) in [5.74, 6) is 0.382. The van der Waals surface area contributed by atoms with E-state index in [1.807, 2.05) is 0 Å². The Morgan fingerprint density at radius 2 is 1.58 bits per heavy atom. The number of nitrogens with one attached hydrogen (secondary N) is 2. The van der Waals surface area contributed by atoms with Crippen molar-refractivity contribution in [3.05, 3.63) is 76.8 Å². The van der Waals surface area contributed by atoms with Gasteiger partial charge in [-0.2, -0.15) is 0 Å². The van der Waals surface area contributed by atoms with E-state index >= 15 is 0 Å². The smallest absolute Gasteiger partial charge is 0.262 e. The van der Waals surface area contributed by atoms with Crippen molar-refractivity contribution in [3.8, 4) is 11.5 Å². The standard InChI is InChI=1S/C21H18Cl2N2O5S/c1-29-16-5-2-4-14(12-16)25-31(27,28)17-10-8-15(9-11-17)30-13-20(26)24-21-18(22)6-3-7-19(21)23/h2-12,25H,13H2,1H3,(H,24,26). The first-order chi connectivity index (χ1) is 14.8. The highest BCUT2D eigenvalue weighted by Gasteiger charge is 2.15. The van der Waals surface area contributed by atoms with Crippen molar-refractivity contribution in [1.82, 2.24) is 0 Å². The van der Waals surface area contributed by atoms with Gasteiger partial charge >= 0.3 is 0 Å². The fourth-order valence-electron chi connectivity index (χ4n) is 2.56. The largest absolute Gasteiger partial charge is 0.497 e. The third-order valence-corrected chi connectivity index (χ3v) is 6.08. The molecule has 0 atom stereocenters. The summed E-state index contributed by atoms with van der Waals surface area (Å²) in [6, 6.07) is 17.1. The molecule has 3 aromatic carbocycles. The maximum absolute atomic E-state index is 12.6. The van der Waals surface area contributed by atoms with E-state index < -0.39 is 15.9 Å². The average Bonchev–Trinajstić information content (AvgIpc) is 2.75. The highest BCUT2D eigenvalue weighted by Crippen LogP contribution is 2.29. The lowest BCUT2D eigenvalue weighted by Crippen LogP contribution is -2.20. The summed E-state index contributed by atoms with van der Waals surface area (Å²) >= 11 is 12.0. The summed E-state index contributed by atoms with van der Waals surface area (Å²) in [6.07, 6.45) is 0. The van der Waals surface area contributed by atoms with Crippen molar-refractivity contribution in [2.24, 2.45) is 0 Å². The number of para-hydroxylation sites is 1. The molecule has 0 aliphatic carbocycles. The van der Waals surface area contributed by atoms with Gasteiger partial charge in [-0.05, 0) is 48.5 Å². The molecule has 3 aromatic rings. The Hall–Kier alpha value is -2.94. The predicted octanol–water partition coefficient (Wildman–Crippen LogP) is 4.82. The zero-order valence-corrected chi connectivity index (χ0v) is 18.6. The first kappa shape index (κ1) is 22.7. The quantitative estimate of drug-likeness (QED) is 0.481. The van der Waals surface area contributed by atoms with Crippen molar-refractivity contribution < 1.29 is 22.7 Å². The Kier molecular flexibility index (Phi) is 7.27. The zero-order valence-electron chi connectivity index (χ0n) is 16.3. The maximum atomic E-state index is 12.6. The van der Waals surface area contributed by atoms with Crippen LogP contribution in [0.4, 0.5) is 11.4 Å². The van der Waals surface area contributed by atoms with E-state index in [0.29, 0.717) is 32.9 Å². The first-order valence-corrected chi connectivity index (χ1v) is 11.2. The summed E-state index contributed by atoms with van der Waals surface area (Å²) in [5.41, 5.74) is 0.666. The maximum Gasteiger partial charge on any atom is 0.262 e. The lowest BCUT2D eigenvalue weighted by Gasteiger charge is -2.11. The molecule has 0 aromatic heterocycles. The Morgan fingerprint density at radius 3 is 2.23 bits per heavy atom. The van der Waals surface area contributed by atoms with Crippen LogP contribution in [0.5, 0.6) is 11.5 Å². The number of methoxy groups -OCH3 is 1. The zero-order chi connectivity index (χ0) is 22.4. The highest BCUT2D eigenvalue weighted by atomic mass is 35.5. The van der Waals surface area contributed by atoms with E-state index in [4.69, 9.17) is 32.7 Å². The van der Waals surface area contributed by atoms with E-state index in [1.165, 1.54) is 31.4 Å². The molecule has 0 fully saturated rings. The molecule has 162 valence electrons. The molecule has 3 rings (SSSR count). The summed E-state index contributed by atoms with van der Waals surface area (Å²) in [7, 11) is -2.31. The van der Waals surface area contributed by atoms with Crippen LogP contribution in [0.3, 0.4) is 0 Å². The molecule has 0 radical (unpaired) electrons. The summed E-state index contributed by atoms with van der Waals surface area (Å²) in [4.78, 5) is 12.1. The van der Waals surface area contributed by atoms with Gasteiger partial charge in [-0.15, -0.1) is 0 Å². The van der Waals surface area contributed by atoms with Crippen molar-refractivity contribution in [2.75, 3.05) is 23.8 Å². The van der Waals surface area contributed by atoms with Crippen LogP contribution in [0.25, 0.3) is 0 Å². The van der Waals surface area contributed by atoms with Crippen molar-refractivity contribution in [3.63, 3.8) is 0 Å². The first-order valence-electron chi connectivity index (χ1n) is 8.92. The minimum atomic E-state index is -3.81. The van der Waals surface area contributed by atoms with E-state index in [9.17, 15) is 13.2 Å². The molecule has 31 heavy (non-hydrogen) atoms. The van der Waals surface area contributed by atoms with E-state index in [2.05, 4.69) is 10.0 Å². The van der Waals surface area contributed by atoms with Gasteiger partial charge < -0.3 is 14.8 Å². The van der Waals surface area contributed by atoms with E-state index in [-0.39, 0.29) is 11.5 Å². The highest BCUT2D eigenvalue weighted by molar-refractivity contribution is 7.92. The molecule has 0 aliphatic heterocycles. The molecule has 0 saturated carbocycles. The van der Waals surface area contributed by atoms with Gasteiger partial charge in [0.05, 0.1) is 33.4 Å². The predicted molar refractivity (Wildman–Crippen MR) is 121 cm³/mol. The lowest BCUT2D eigenvalue weighted by molar-refractivity contribution is -0.118. The number of ether oxygens (including phenoxy) is 2. The van der Waals surface area contributed by atoms with Gasteiger partial charge in [0, 0.05) is 6.07 Å². The second-order valence-electron chi connectivity index (χ2n) is 6.24. The van der Waals surface area contributed by atoms with Crippen LogP contribution in [-0.4, -0.2) is 28.0 Å². The van der Waals surface area contributed by atoms with Crippen LogP contribution in [0.15, 0.2) is 71.6 Å². The van der Waals surface area contributed by atoms with Gasteiger partial charge in [-0.3, -0.25) is 9.52 Å². The third-order valence-electron chi connectivity index (χ3n) is 4.05. The number of rotatable bonds is 8. The molecule has 0 aliphatic rings. The Labute approximate surface area is 189 Å². The Balaban J connectivity index is 1.61. The van der Waals surface area contributed by atoms with Gasteiger partial charge in [0.25, 0.3) is 15.9 Å². The molecule has 10 heteroatoms. The van der Waals surface area contributed by atoms with Gasteiger partial charge in [0.15, 0.2) is 6.61 Å². The molecule has 0 saturated heterocycles. The molecule has 0 unspecified atom stereocenters. The topological polar surface area (TPSA) is 93.7 Å². The molecule has 0 spiro atoms. The van der Waals surface area contributed by atoms with Gasteiger partial charge in [0.1, 0.15) is 11.5 Å². The molecule has 2 N–H and O–H groups in total. The third kappa shape index (κ3) is 6.04. The number of benzene rings is 3. The number of anilines is 2. The second-order valence-corrected chi connectivity index (χ2v) is 8.74. The number of halogens is 2. The fraction of sp³-hybridized carbons (Fsp3) is 0.0952. The van der Waals surface area contributed by atoms with Crippen LogP contribution in [0.2, 0.25) is 10.0 Å². The van der Waals surface area contributed by atoms with Crippen LogP contribution in [0.1, 0.15) is 0 Å². The fourth-order valence-corrected chi connectivity index (χ4v) is 4.10. The molecule has 1 amide bonds. The Morgan fingerprint density at radius 1 is 0.935 bits per heavy atom. The molecule has 0 heterocycles. The van der Waals surface area contributed by atoms with Crippen LogP contribution < -0.4 is 19.5 Å². The van der Waals surface area contributed by atoms with Crippen molar-refractivity contribution in [2.45, 2.75) is 4.90 Å². The summed E-state index contributed by atoms with van der Waals surface area (Å²) < 4.78 is 38.1. The van der Waals surface area contributed by atoms with Crippen molar-refractivity contribution in [1.29, 1.82) is 0 Å². The normalized spacial score (nSPS) is 10.9. The number of hydrogen-bond acceptors (Lipinski definition) is 5. The molecule has 7 nitrogen and oxygen atoms in total. The number of hydrogen-bond donors (Lipinski definition) is 2. The van der Waals surface area contributed by atoms with E-state index in [0.717, 1.165) is 0 Å². The van der Waals surface area contributed by atoms with Gasteiger partial charge in [-0.1, -0.05) is 35.3 Å². The monoisotopic (exact) mass is 480 g/mol. The number of carbonyl (C=O) groups excluding carboxylic acids is 1. The van der Waals surface area contributed by atoms with Crippen LogP contribution in [-0.2, 0) is 14.8 Å². The second kappa shape index (κ2) is 9.91. The molecular formula is C21H18Cl2N2O5S. The number of sulfonamides is 1. The molecule has 0 bridgehead atoms. The minimum Gasteiger partial charge on any atom is -0.497 e. The SMILES string of the molecule is COc1cccc(NS(=O)(=O)c2ccc(OCC(=O)Nc3c(Cl)cccc3Cl)cc2)c1. The lowest BCUT2D eigenvalue weighted by atomic mass is 10.3. The van der Waals surface area contributed by atoms with Crippen LogP contribution in [0, 0.1) is 0 Å². The Bertz CT molecular complexity index is 1160. The number of carbonyl (C=O) groups is 1. The average molecular weight is 481 g/mol. The number of amides is 1. The van der Waals surface area contributed by atoms with Crippen molar-refractivity contribution >= 4 is 50.5 Å². The summed E-state index contributed by atoms with van der Waals surface area (Å²) in [5, 5.41) is 3.19.